The van der Waals surface area contributed by atoms with Crippen LogP contribution in [0.2, 0.25) is 0 Å². The molecule has 0 heterocycles. The molecule has 0 aromatic heterocycles. The van der Waals surface area contributed by atoms with Gasteiger partial charge in [-0.15, -0.1) is 12.4 Å². The Bertz CT molecular complexity index is 535. The monoisotopic (exact) mass is 315 g/mol. The van der Waals surface area contributed by atoms with E-state index in [0.717, 1.165) is 0 Å². The highest BCUT2D eigenvalue weighted by atomic mass is 35.5. The van der Waals surface area contributed by atoms with E-state index in [-0.39, 0.29) is 18.6 Å². The second-order valence-corrected chi connectivity index (χ2v) is 6.56. The van der Waals surface area contributed by atoms with Crippen molar-refractivity contribution in [2.75, 3.05) is 0 Å². The first-order chi connectivity index (χ1) is 9.45. The van der Waals surface area contributed by atoms with E-state index >= 15 is 0 Å². The number of halogens is 1. The van der Waals surface area contributed by atoms with Crippen molar-refractivity contribution in [3.8, 4) is 0 Å². The van der Waals surface area contributed by atoms with Gasteiger partial charge in [-0.05, 0) is 23.8 Å². The minimum Gasteiger partial charge on any atom is -0.344 e. The van der Waals surface area contributed by atoms with Crippen molar-refractivity contribution in [1.82, 2.24) is 6.15 Å². The molecule has 0 spiro atoms. The van der Waals surface area contributed by atoms with Crippen LogP contribution in [0, 0.1) is 0 Å². The van der Waals surface area contributed by atoms with Crippen LogP contribution in [0.3, 0.4) is 0 Å². The molecule has 0 saturated heterocycles. The summed E-state index contributed by atoms with van der Waals surface area (Å²) in [5.74, 6) is 0. The molecule has 21 heavy (non-hydrogen) atoms. The number of hydrogen-bond acceptors (Lipinski definition) is 1. The van der Waals surface area contributed by atoms with Crippen molar-refractivity contribution < 1.29 is 0 Å². The van der Waals surface area contributed by atoms with Gasteiger partial charge >= 0.3 is 0 Å². The van der Waals surface area contributed by atoms with Crippen molar-refractivity contribution in [2.24, 2.45) is 0 Å². The van der Waals surface area contributed by atoms with E-state index in [1.807, 2.05) is 0 Å². The maximum absolute atomic E-state index is 2.23. The largest absolute Gasteiger partial charge is 0.344 e. The third-order valence-corrected chi connectivity index (χ3v) is 5.49. The van der Waals surface area contributed by atoms with Crippen molar-refractivity contribution in [3.63, 3.8) is 0 Å². The fourth-order valence-electron chi connectivity index (χ4n) is 2.18. The van der Waals surface area contributed by atoms with Gasteiger partial charge in [0.1, 0.15) is 0 Å². The molecule has 0 radical (unpaired) electrons. The zero-order valence-corrected chi connectivity index (χ0v) is 13.4. The lowest BCUT2D eigenvalue weighted by Gasteiger charge is -2.18. The quantitative estimate of drug-likeness (QED) is 0.728. The topological polar surface area (TPSA) is 35.0 Å². The Hall–Kier alpha value is -1.66. The fraction of sp³-hybridized carbons (Fsp3) is 0. The van der Waals surface area contributed by atoms with Crippen LogP contribution in [0.4, 0.5) is 0 Å². The third kappa shape index (κ3) is 4.15. The zero-order valence-electron chi connectivity index (χ0n) is 11.7. The summed E-state index contributed by atoms with van der Waals surface area (Å²) < 4.78 is 0. The normalized spacial score (nSPS) is 9.57. The van der Waals surface area contributed by atoms with Crippen LogP contribution in [0.25, 0.3) is 0 Å². The summed E-state index contributed by atoms with van der Waals surface area (Å²) in [4.78, 5) is 0. The van der Waals surface area contributed by atoms with Gasteiger partial charge in [0.25, 0.3) is 0 Å². The Kier molecular flexibility index (Phi) is 7.11. The highest BCUT2D eigenvalue weighted by Crippen LogP contribution is 2.32. The molecule has 108 valence electrons. The number of benzene rings is 3. The van der Waals surface area contributed by atoms with Crippen LogP contribution < -0.4 is 22.1 Å². The third-order valence-electron chi connectivity index (χ3n) is 3.04. The summed E-state index contributed by atoms with van der Waals surface area (Å²) in [6.07, 6.45) is 0. The van der Waals surface area contributed by atoms with Gasteiger partial charge in [-0.3, -0.25) is 0 Å². The average molecular weight is 316 g/mol. The van der Waals surface area contributed by atoms with E-state index < -0.39 is 7.92 Å². The first-order valence-corrected chi connectivity index (χ1v) is 7.74. The Morgan fingerprint density at radius 2 is 0.667 bits per heavy atom. The summed E-state index contributed by atoms with van der Waals surface area (Å²) in [7, 11) is -0.446. The molecular weight excluding hydrogens is 297 g/mol. The van der Waals surface area contributed by atoms with Crippen molar-refractivity contribution in [2.45, 2.75) is 0 Å². The van der Waals surface area contributed by atoms with E-state index in [1.165, 1.54) is 15.9 Å². The molecule has 3 heteroatoms. The SMILES string of the molecule is Cl.N.c1ccc(P(c2ccccc2)c2ccccc2)cc1. The molecule has 0 bridgehead atoms. The standard InChI is InChI=1S/C18H15P.ClH.H3N/c1-4-10-16(11-5-1)19(17-12-6-2-7-13-17)18-14-8-3-9-15-18;;/h1-15H;1H;1H3. The first-order valence-electron chi connectivity index (χ1n) is 6.40. The second kappa shape index (κ2) is 8.59. The van der Waals surface area contributed by atoms with E-state index in [9.17, 15) is 0 Å². The minimum atomic E-state index is -0.446. The second-order valence-electron chi connectivity index (χ2n) is 4.34. The molecule has 1 nitrogen and oxygen atoms in total. The smallest absolute Gasteiger partial charge is 0.0134 e. The molecule has 3 aromatic rings. The van der Waals surface area contributed by atoms with Crippen molar-refractivity contribution in [3.05, 3.63) is 91.0 Å². The molecule has 0 atom stereocenters. The van der Waals surface area contributed by atoms with Crippen molar-refractivity contribution in [1.29, 1.82) is 0 Å². The Morgan fingerprint density at radius 1 is 0.429 bits per heavy atom. The predicted octanol–water partition coefficient (Wildman–Crippen LogP) is 4.03. The lowest BCUT2D eigenvalue weighted by atomic mass is 10.4. The van der Waals surface area contributed by atoms with E-state index in [4.69, 9.17) is 0 Å². The van der Waals surface area contributed by atoms with Gasteiger partial charge in [0.15, 0.2) is 0 Å². The maximum Gasteiger partial charge on any atom is -0.0134 e. The Morgan fingerprint density at radius 3 is 0.905 bits per heavy atom. The van der Waals surface area contributed by atoms with Gasteiger partial charge in [-0.2, -0.15) is 0 Å². The van der Waals surface area contributed by atoms with Crippen LogP contribution in [0.5, 0.6) is 0 Å². The van der Waals surface area contributed by atoms with Gasteiger partial charge in [-0.1, -0.05) is 91.0 Å². The van der Waals surface area contributed by atoms with Gasteiger partial charge in [-0.25, -0.2) is 0 Å². The number of rotatable bonds is 3. The summed E-state index contributed by atoms with van der Waals surface area (Å²) in [6.45, 7) is 0. The van der Waals surface area contributed by atoms with Gasteiger partial charge in [0.05, 0.1) is 0 Å². The van der Waals surface area contributed by atoms with Crippen LogP contribution in [-0.2, 0) is 0 Å². The Labute approximate surface area is 133 Å². The molecule has 0 aliphatic carbocycles. The van der Waals surface area contributed by atoms with Crippen LogP contribution in [-0.4, -0.2) is 0 Å². The summed E-state index contributed by atoms with van der Waals surface area (Å²) in [5, 5.41) is 4.19. The van der Waals surface area contributed by atoms with Crippen molar-refractivity contribution >= 4 is 36.2 Å². The molecule has 3 N–H and O–H groups in total. The lowest BCUT2D eigenvalue weighted by molar-refractivity contribution is 1.74. The molecule has 0 unspecified atom stereocenters. The van der Waals surface area contributed by atoms with Gasteiger partial charge in [0, 0.05) is 0 Å². The highest BCUT2D eigenvalue weighted by Gasteiger charge is 2.14. The van der Waals surface area contributed by atoms with Crippen LogP contribution in [0.1, 0.15) is 0 Å². The maximum atomic E-state index is 2.23. The zero-order chi connectivity index (χ0) is 12.9. The van der Waals surface area contributed by atoms with Crippen LogP contribution in [0.15, 0.2) is 91.0 Å². The lowest BCUT2D eigenvalue weighted by Crippen LogP contribution is -2.20. The van der Waals surface area contributed by atoms with E-state index in [1.54, 1.807) is 0 Å². The first kappa shape index (κ1) is 17.4. The average Bonchev–Trinajstić information content (AvgIpc) is 2.51. The Balaban J connectivity index is 0.00000110. The molecule has 3 rings (SSSR count). The molecule has 3 aromatic carbocycles. The van der Waals surface area contributed by atoms with Gasteiger partial charge < -0.3 is 6.15 Å². The molecule has 0 amide bonds. The highest BCUT2D eigenvalue weighted by molar-refractivity contribution is 7.79. The van der Waals surface area contributed by atoms with Gasteiger partial charge in [0.2, 0.25) is 0 Å². The fourth-order valence-corrected chi connectivity index (χ4v) is 4.48. The molecule has 0 aliphatic rings. The summed E-state index contributed by atoms with van der Waals surface area (Å²) >= 11 is 0. The van der Waals surface area contributed by atoms with E-state index in [0.29, 0.717) is 0 Å². The molecule has 0 saturated carbocycles. The minimum absolute atomic E-state index is 0. The van der Waals surface area contributed by atoms with E-state index in [2.05, 4.69) is 91.0 Å². The number of hydrogen-bond donors (Lipinski definition) is 1. The molecule has 0 fully saturated rings. The summed E-state index contributed by atoms with van der Waals surface area (Å²) in [6, 6.07) is 32.3. The summed E-state index contributed by atoms with van der Waals surface area (Å²) in [5.41, 5.74) is 0. The predicted molar refractivity (Wildman–Crippen MR) is 97.4 cm³/mol. The van der Waals surface area contributed by atoms with Crippen LogP contribution >= 0.6 is 20.3 Å². The molecular formula is C18H19ClNP. The molecule has 0 aliphatic heterocycles.